The van der Waals surface area contributed by atoms with Gasteiger partial charge in [0.1, 0.15) is 11.4 Å². The molecular formula is C13H20FN3O2. The van der Waals surface area contributed by atoms with Crippen molar-refractivity contribution in [3.8, 4) is 0 Å². The molecule has 1 amide bonds. The Kier molecular flexibility index (Phi) is 5.23. The summed E-state index contributed by atoms with van der Waals surface area (Å²) >= 11 is 0. The molecule has 0 saturated carbocycles. The van der Waals surface area contributed by atoms with Crippen molar-refractivity contribution in [2.75, 3.05) is 6.54 Å². The lowest BCUT2D eigenvalue weighted by molar-refractivity contribution is 0.0505. The summed E-state index contributed by atoms with van der Waals surface area (Å²) in [5, 5.41) is 2.67. The molecule has 1 aromatic rings. The summed E-state index contributed by atoms with van der Waals surface area (Å²) in [6.45, 7) is 5.60. The third-order valence-electron chi connectivity index (χ3n) is 2.25. The molecule has 0 aromatic carbocycles. The predicted octanol–water partition coefficient (Wildman–Crippen LogP) is 1.62. The molecule has 0 aliphatic rings. The van der Waals surface area contributed by atoms with E-state index in [1.165, 1.54) is 6.07 Å². The van der Waals surface area contributed by atoms with Gasteiger partial charge in [0.2, 0.25) is 0 Å². The Morgan fingerprint density at radius 2 is 2.21 bits per heavy atom. The van der Waals surface area contributed by atoms with Gasteiger partial charge in [-0.3, -0.25) is 4.98 Å². The number of aromatic nitrogens is 1. The molecule has 0 bridgehead atoms. The van der Waals surface area contributed by atoms with Gasteiger partial charge in [0, 0.05) is 24.7 Å². The lowest BCUT2D eigenvalue weighted by Gasteiger charge is -2.22. The van der Waals surface area contributed by atoms with Gasteiger partial charge in [-0.2, -0.15) is 0 Å². The van der Waals surface area contributed by atoms with Crippen molar-refractivity contribution in [3.63, 3.8) is 0 Å². The minimum absolute atomic E-state index is 0.248. The maximum atomic E-state index is 12.7. The van der Waals surface area contributed by atoms with Crippen LogP contribution in [0.3, 0.4) is 0 Å². The highest BCUT2D eigenvalue weighted by molar-refractivity contribution is 5.68. The molecule has 1 unspecified atom stereocenters. The topological polar surface area (TPSA) is 77.2 Å². The first-order chi connectivity index (χ1) is 8.80. The molecule has 0 radical (unpaired) electrons. The van der Waals surface area contributed by atoms with E-state index in [0.717, 1.165) is 6.20 Å². The van der Waals surface area contributed by atoms with Gasteiger partial charge in [-0.1, -0.05) is 0 Å². The number of carbonyl (C=O) groups is 1. The summed E-state index contributed by atoms with van der Waals surface area (Å²) in [7, 11) is 0. The van der Waals surface area contributed by atoms with Crippen LogP contribution in [0.2, 0.25) is 0 Å². The number of amides is 1. The summed E-state index contributed by atoms with van der Waals surface area (Å²) in [6.07, 6.45) is 1.04. The second-order valence-corrected chi connectivity index (χ2v) is 5.25. The van der Waals surface area contributed by atoms with Gasteiger partial charge in [0.05, 0.1) is 6.20 Å². The molecule has 106 valence electrons. The normalized spacial score (nSPS) is 12.9. The Balaban J connectivity index is 2.54. The number of halogens is 1. The average Bonchev–Trinajstić information content (AvgIpc) is 2.28. The number of nitrogens with one attached hydrogen (secondary N) is 1. The highest BCUT2D eigenvalue weighted by Crippen LogP contribution is 2.07. The van der Waals surface area contributed by atoms with Crippen molar-refractivity contribution in [1.29, 1.82) is 0 Å². The Bertz CT molecular complexity index is 415. The van der Waals surface area contributed by atoms with Crippen molar-refractivity contribution in [2.24, 2.45) is 5.73 Å². The Morgan fingerprint density at radius 1 is 1.53 bits per heavy atom. The predicted molar refractivity (Wildman–Crippen MR) is 70.1 cm³/mol. The Morgan fingerprint density at radius 3 is 2.68 bits per heavy atom. The zero-order valence-electron chi connectivity index (χ0n) is 11.4. The minimum atomic E-state index is -0.558. The fraction of sp³-hybridized carbons (Fsp3) is 0.538. The summed E-state index contributed by atoms with van der Waals surface area (Å²) in [5.41, 5.74) is 5.69. The van der Waals surface area contributed by atoms with E-state index in [4.69, 9.17) is 10.5 Å². The molecule has 5 nitrogen and oxygen atoms in total. The van der Waals surface area contributed by atoms with Gasteiger partial charge in [-0.05, 0) is 32.9 Å². The highest BCUT2D eigenvalue weighted by atomic mass is 19.1. The monoisotopic (exact) mass is 269 g/mol. The van der Waals surface area contributed by atoms with E-state index in [9.17, 15) is 9.18 Å². The number of ether oxygens (including phenoxy) is 1. The first-order valence-corrected chi connectivity index (χ1v) is 6.10. The molecule has 3 N–H and O–H groups in total. The van der Waals surface area contributed by atoms with E-state index in [0.29, 0.717) is 12.1 Å². The lowest BCUT2D eigenvalue weighted by atomic mass is 10.1. The number of nitrogens with zero attached hydrogens (tertiary/aromatic N) is 1. The quantitative estimate of drug-likeness (QED) is 0.870. The lowest BCUT2D eigenvalue weighted by Crippen LogP contribution is -2.44. The standard InChI is InChI=1S/C13H20FN3O2/c1-13(2,3)19-12(18)17-11(7-15)6-10-5-4-9(14)8-16-10/h4-5,8,11H,6-7,15H2,1-3H3,(H,17,18). The molecule has 0 spiro atoms. The van der Waals surface area contributed by atoms with Crippen molar-refractivity contribution in [2.45, 2.75) is 38.8 Å². The van der Waals surface area contributed by atoms with Crippen LogP contribution in [-0.2, 0) is 11.2 Å². The smallest absolute Gasteiger partial charge is 0.407 e. The van der Waals surface area contributed by atoms with Gasteiger partial charge >= 0.3 is 6.09 Å². The first-order valence-electron chi connectivity index (χ1n) is 6.10. The minimum Gasteiger partial charge on any atom is -0.444 e. The van der Waals surface area contributed by atoms with Crippen LogP contribution in [0.25, 0.3) is 0 Å². The SMILES string of the molecule is CC(C)(C)OC(=O)NC(CN)Cc1ccc(F)cn1. The van der Waals surface area contributed by atoms with Crippen molar-refractivity contribution in [3.05, 3.63) is 29.8 Å². The number of hydrogen-bond acceptors (Lipinski definition) is 4. The van der Waals surface area contributed by atoms with Gasteiger partial charge in [0.25, 0.3) is 0 Å². The summed E-state index contributed by atoms with van der Waals surface area (Å²) in [5.74, 6) is -0.395. The van der Waals surface area contributed by atoms with Gasteiger partial charge in [-0.15, -0.1) is 0 Å². The molecule has 0 aliphatic heterocycles. The van der Waals surface area contributed by atoms with E-state index in [-0.39, 0.29) is 12.6 Å². The van der Waals surface area contributed by atoms with Crippen LogP contribution in [-0.4, -0.2) is 29.3 Å². The zero-order chi connectivity index (χ0) is 14.5. The fourth-order valence-electron chi connectivity index (χ4n) is 1.45. The highest BCUT2D eigenvalue weighted by Gasteiger charge is 2.19. The number of rotatable bonds is 4. The number of hydrogen-bond donors (Lipinski definition) is 2. The maximum Gasteiger partial charge on any atom is 0.407 e. The number of carbonyl (C=O) groups excluding carboxylic acids is 1. The summed E-state index contributed by atoms with van der Waals surface area (Å²) in [6, 6.07) is 2.59. The van der Waals surface area contributed by atoms with Crippen molar-refractivity contribution in [1.82, 2.24) is 10.3 Å². The third-order valence-corrected chi connectivity index (χ3v) is 2.25. The first kappa shape index (κ1) is 15.4. The van der Waals surface area contributed by atoms with Crippen molar-refractivity contribution >= 4 is 6.09 Å². The van der Waals surface area contributed by atoms with Gasteiger partial charge in [-0.25, -0.2) is 9.18 Å². The molecule has 0 aliphatic carbocycles. The Hall–Kier alpha value is -1.69. The molecule has 1 rings (SSSR count). The third kappa shape index (κ3) is 6.15. The van der Waals surface area contributed by atoms with E-state index >= 15 is 0 Å². The number of pyridine rings is 1. The van der Waals surface area contributed by atoms with Gasteiger partial charge < -0.3 is 15.8 Å². The van der Waals surface area contributed by atoms with E-state index in [1.807, 2.05) is 0 Å². The number of nitrogens with two attached hydrogens (primary N) is 1. The van der Waals surface area contributed by atoms with Crippen LogP contribution in [0, 0.1) is 5.82 Å². The van der Waals surface area contributed by atoms with Crippen LogP contribution in [0.5, 0.6) is 0 Å². The molecule has 0 saturated heterocycles. The fourth-order valence-corrected chi connectivity index (χ4v) is 1.45. The maximum absolute atomic E-state index is 12.7. The Labute approximate surface area is 112 Å². The largest absolute Gasteiger partial charge is 0.444 e. The van der Waals surface area contributed by atoms with Crippen LogP contribution in [0.4, 0.5) is 9.18 Å². The zero-order valence-corrected chi connectivity index (χ0v) is 11.4. The molecule has 1 aromatic heterocycles. The van der Waals surface area contributed by atoms with E-state index in [2.05, 4.69) is 10.3 Å². The van der Waals surface area contributed by atoms with Crippen LogP contribution in [0.15, 0.2) is 18.3 Å². The molecule has 1 atom stereocenters. The molecule has 6 heteroatoms. The average molecular weight is 269 g/mol. The molecule has 19 heavy (non-hydrogen) atoms. The van der Waals surface area contributed by atoms with Crippen molar-refractivity contribution < 1.29 is 13.9 Å². The van der Waals surface area contributed by atoms with Crippen LogP contribution in [0.1, 0.15) is 26.5 Å². The van der Waals surface area contributed by atoms with Crippen LogP contribution >= 0.6 is 0 Å². The number of alkyl carbamates (subject to hydrolysis) is 1. The second-order valence-electron chi connectivity index (χ2n) is 5.25. The molecule has 0 fully saturated rings. The van der Waals surface area contributed by atoms with Gasteiger partial charge in [0.15, 0.2) is 0 Å². The van der Waals surface area contributed by atoms with E-state index in [1.54, 1.807) is 26.8 Å². The summed E-state index contributed by atoms with van der Waals surface area (Å²) < 4.78 is 17.9. The molecule has 1 heterocycles. The van der Waals surface area contributed by atoms with Crippen LogP contribution < -0.4 is 11.1 Å². The molecular weight excluding hydrogens is 249 g/mol. The summed E-state index contributed by atoms with van der Waals surface area (Å²) in [4.78, 5) is 15.5. The second kappa shape index (κ2) is 6.47. The van der Waals surface area contributed by atoms with E-state index < -0.39 is 17.5 Å².